The van der Waals surface area contributed by atoms with E-state index in [4.69, 9.17) is 4.74 Å². The van der Waals surface area contributed by atoms with E-state index in [1.165, 1.54) is 12.1 Å². The maximum atomic E-state index is 13.0. The Morgan fingerprint density at radius 1 is 1.12 bits per heavy atom. The fourth-order valence-electron chi connectivity index (χ4n) is 3.89. The number of benzene rings is 1. The molecule has 3 rings (SSSR count). The number of morpholine rings is 1. The van der Waals surface area contributed by atoms with E-state index in [0.29, 0.717) is 12.1 Å². The molecule has 0 bridgehead atoms. The normalized spacial score (nSPS) is 20.0. The van der Waals surface area contributed by atoms with E-state index < -0.39 is 22.0 Å². The zero-order valence-corrected chi connectivity index (χ0v) is 20.7. The van der Waals surface area contributed by atoms with Crippen LogP contribution in [0.15, 0.2) is 47.5 Å². The lowest BCUT2D eigenvalue weighted by molar-refractivity contribution is -0.118. The number of ether oxygens (including phenoxy) is 1. The van der Waals surface area contributed by atoms with Crippen LogP contribution in [-0.4, -0.2) is 50.6 Å². The number of amides is 1. The maximum Gasteiger partial charge on any atom is 0.242 e. The number of carbonyl (C=O) groups is 1. The van der Waals surface area contributed by atoms with Crippen LogP contribution in [0.25, 0.3) is 0 Å². The van der Waals surface area contributed by atoms with Gasteiger partial charge in [0.1, 0.15) is 11.9 Å². The third-order valence-corrected chi connectivity index (χ3v) is 6.90. The monoisotopic (exact) mass is 474 g/mol. The van der Waals surface area contributed by atoms with Crippen LogP contribution in [0, 0.1) is 12.8 Å². The van der Waals surface area contributed by atoms with E-state index in [0.717, 1.165) is 24.5 Å². The van der Waals surface area contributed by atoms with E-state index in [1.807, 2.05) is 40.7 Å². The molecule has 180 valence electrons. The van der Waals surface area contributed by atoms with Crippen LogP contribution in [0.2, 0.25) is 0 Å². The first-order valence-corrected chi connectivity index (χ1v) is 12.8. The molecule has 1 fully saturated rings. The van der Waals surface area contributed by atoms with Crippen molar-refractivity contribution < 1.29 is 17.9 Å². The Balaban J connectivity index is 1.70. The molecule has 2 aromatic rings. The third kappa shape index (κ3) is 6.99. The molecule has 0 saturated carbocycles. The number of nitrogens with zero attached hydrogens (tertiary/aromatic N) is 2. The fraction of sp³-hybridized carbons (Fsp3) is 0.500. The number of carbonyl (C=O) groups excluding carboxylic acids is 1. The summed E-state index contributed by atoms with van der Waals surface area (Å²) < 4.78 is 34.0. The molecule has 0 aliphatic carbocycles. The third-order valence-electron chi connectivity index (χ3n) is 5.41. The zero-order chi connectivity index (χ0) is 24.2. The summed E-state index contributed by atoms with van der Waals surface area (Å²) in [7, 11) is -3.84. The molecule has 3 atom stereocenters. The second kappa shape index (κ2) is 10.6. The van der Waals surface area contributed by atoms with Crippen molar-refractivity contribution in [3.63, 3.8) is 0 Å². The molecule has 9 heteroatoms. The lowest BCUT2D eigenvalue weighted by atomic mass is 10.0. The molecular weight excluding hydrogens is 440 g/mol. The van der Waals surface area contributed by atoms with Gasteiger partial charge in [0.2, 0.25) is 15.9 Å². The average Bonchev–Trinajstić information content (AvgIpc) is 2.73. The molecule has 2 N–H and O–H groups in total. The summed E-state index contributed by atoms with van der Waals surface area (Å²) >= 11 is 0. The minimum Gasteiger partial charge on any atom is -0.372 e. The average molecular weight is 475 g/mol. The first kappa shape index (κ1) is 25.1. The standard InChI is InChI=1S/C24H34N4O4S/c1-16(2)12-22(27-33(30,31)21-9-6-17(3)7-10-21)24(29)26-20-8-11-23(25-13-20)28-14-18(4)32-19(5)15-28/h6-11,13,16,18-19,22,27H,12,14-15H2,1-5H3,(H,26,29)/t18-,19+,22-/m0/s1. The predicted molar refractivity (Wildman–Crippen MR) is 130 cm³/mol. The number of hydrogen-bond acceptors (Lipinski definition) is 6. The highest BCUT2D eigenvalue weighted by atomic mass is 32.2. The van der Waals surface area contributed by atoms with E-state index in [9.17, 15) is 13.2 Å². The second-order valence-corrected chi connectivity index (χ2v) is 10.9. The van der Waals surface area contributed by atoms with Gasteiger partial charge in [0.15, 0.2) is 0 Å². The van der Waals surface area contributed by atoms with Gasteiger partial charge < -0.3 is 15.0 Å². The molecule has 1 aliphatic heterocycles. The van der Waals surface area contributed by atoms with Gasteiger partial charge in [-0.1, -0.05) is 31.5 Å². The van der Waals surface area contributed by atoms with Crippen molar-refractivity contribution in [2.24, 2.45) is 5.92 Å². The molecule has 1 amide bonds. The number of pyridine rings is 1. The summed E-state index contributed by atoms with van der Waals surface area (Å²) in [6.45, 7) is 11.3. The number of hydrogen-bond donors (Lipinski definition) is 2. The van der Waals surface area contributed by atoms with Gasteiger partial charge in [-0.25, -0.2) is 13.4 Å². The van der Waals surface area contributed by atoms with Gasteiger partial charge in [-0.3, -0.25) is 4.79 Å². The molecular formula is C24H34N4O4S. The van der Waals surface area contributed by atoms with Gasteiger partial charge in [-0.15, -0.1) is 0 Å². The van der Waals surface area contributed by atoms with E-state index >= 15 is 0 Å². The first-order chi connectivity index (χ1) is 15.5. The van der Waals surface area contributed by atoms with Crippen LogP contribution in [0.5, 0.6) is 0 Å². The predicted octanol–water partition coefficient (Wildman–Crippen LogP) is 3.34. The molecule has 1 aliphatic rings. The second-order valence-electron chi connectivity index (χ2n) is 9.17. The van der Waals surface area contributed by atoms with Crippen LogP contribution in [0.3, 0.4) is 0 Å². The topological polar surface area (TPSA) is 101 Å². The molecule has 0 radical (unpaired) electrons. The highest BCUT2D eigenvalue weighted by Crippen LogP contribution is 2.20. The summed E-state index contributed by atoms with van der Waals surface area (Å²) in [6, 6.07) is 9.28. The summed E-state index contributed by atoms with van der Waals surface area (Å²) in [5.41, 5.74) is 1.48. The van der Waals surface area contributed by atoms with Gasteiger partial charge in [0.25, 0.3) is 0 Å². The lowest BCUT2D eigenvalue weighted by Gasteiger charge is -2.36. The highest BCUT2D eigenvalue weighted by Gasteiger charge is 2.27. The van der Waals surface area contributed by atoms with Crippen LogP contribution < -0.4 is 14.9 Å². The molecule has 33 heavy (non-hydrogen) atoms. The number of rotatable bonds is 8. The van der Waals surface area contributed by atoms with Crippen LogP contribution in [-0.2, 0) is 19.6 Å². The van der Waals surface area contributed by atoms with E-state index in [1.54, 1.807) is 24.4 Å². The van der Waals surface area contributed by atoms with Crippen LogP contribution in [0.4, 0.5) is 11.5 Å². The number of aromatic nitrogens is 1. The first-order valence-electron chi connectivity index (χ1n) is 11.3. The molecule has 0 spiro atoms. The van der Waals surface area contributed by atoms with E-state index in [2.05, 4.69) is 19.9 Å². The largest absolute Gasteiger partial charge is 0.372 e. The number of aryl methyl sites for hydroxylation is 1. The van der Waals surface area contributed by atoms with Crippen molar-refractivity contribution in [1.29, 1.82) is 0 Å². The van der Waals surface area contributed by atoms with Crippen LogP contribution >= 0.6 is 0 Å². The Bertz CT molecular complexity index is 1030. The fourth-order valence-corrected chi connectivity index (χ4v) is 5.10. The Morgan fingerprint density at radius 2 is 1.76 bits per heavy atom. The molecule has 1 aromatic carbocycles. The van der Waals surface area contributed by atoms with Crippen molar-refractivity contribution in [2.75, 3.05) is 23.3 Å². The Labute approximate surface area is 196 Å². The Hall–Kier alpha value is -2.49. The number of sulfonamides is 1. The maximum absolute atomic E-state index is 13.0. The Morgan fingerprint density at radius 3 is 2.30 bits per heavy atom. The Kier molecular flexibility index (Phi) is 8.10. The number of nitrogens with one attached hydrogen (secondary N) is 2. The quantitative estimate of drug-likeness (QED) is 0.609. The van der Waals surface area contributed by atoms with Crippen molar-refractivity contribution >= 4 is 27.4 Å². The molecule has 2 heterocycles. The van der Waals surface area contributed by atoms with Gasteiger partial charge in [-0.2, -0.15) is 4.72 Å². The van der Waals surface area contributed by atoms with Crippen molar-refractivity contribution in [3.8, 4) is 0 Å². The molecule has 1 aromatic heterocycles. The molecule has 8 nitrogen and oxygen atoms in total. The van der Waals surface area contributed by atoms with E-state index in [-0.39, 0.29) is 23.0 Å². The minimum absolute atomic E-state index is 0.118. The van der Waals surface area contributed by atoms with Gasteiger partial charge in [0, 0.05) is 13.1 Å². The molecule has 0 unspecified atom stereocenters. The van der Waals surface area contributed by atoms with Crippen molar-refractivity contribution in [2.45, 2.75) is 64.2 Å². The van der Waals surface area contributed by atoms with Gasteiger partial charge >= 0.3 is 0 Å². The minimum atomic E-state index is -3.84. The van der Waals surface area contributed by atoms with Gasteiger partial charge in [0.05, 0.1) is 29.0 Å². The lowest BCUT2D eigenvalue weighted by Crippen LogP contribution is -2.46. The summed E-state index contributed by atoms with van der Waals surface area (Å²) in [5.74, 6) is 0.517. The summed E-state index contributed by atoms with van der Waals surface area (Å²) in [6.07, 6.45) is 2.20. The number of anilines is 2. The molecule has 1 saturated heterocycles. The zero-order valence-electron chi connectivity index (χ0n) is 19.9. The van der Waals surface area contributed by atoms with Crippen molar-refractivity contribution in [1.82, 2.24) is 9.71 Å². The smallest absolute Gasteiger partial charge is 0.242 e. The SMILES string of the molecule is Cc1ccc(S(=O)(=O)N[C@@H](CC(C)C)C(=O)Nc2ccc(N3C[C@@H](C)O[C@@H](C)C3)nc2)cc1. The van der Waals surface area contributed by atoms with Crippen LogP contribution in [0.1, 0.15) is 39.7 Å². The summed E-state index contributed by atoms with van der Waals surface area (Å²) in [5, 5.41) is 2.81. The van der Waals surface area contributed by atoms with Gasteiger partial charge in [-0.05, 0) is 57.4 Å². The highest BCUT2D eigenvalue weighted by molar-refractivity contribution is 7.89. The van der Waals surface area contributed by atoms with Crippen molar-refractivity contribution in [3.05, 3.63) is 48.2 Å². The summed E-state index contributed by atoms with van der Waals surface area (Å²) in [4.78, 5) is 19.8.